The minimum absolute atomic E-state index is 0.0339. The highest BCUT2D eigenvalue weighted by atomic mass is 16.6. The standard InChI is InChI=1S/C13H14N4O2/c1-9-6-7-12(17(18)19)13(15-9)16-10(2)11-5-3-4-8-14-11/h3-8,10H,1-2H3,(H,15,16). The van der Waals surface area contributed by atoms with Crippen LogP contribution in [0.4, 0.5) is 11.5 Å². The first-order valence-corrected chi connectivity index (χ1v) is 5.87. The molecule has 0 aliphatic heterocycles. The quantitative estimate of drug-likeness (QED) is 0.673. The molecule has 0 radical (unpaired) electrons. The Kier molecular flexibility index (Phi) is 3.70. The zero-order valence-electron chi connectivity index (χ0n) is 10.7. The summed E-state index contributed by atoms with van der Waals surface area (Å²) >= 11 is 0. The van der Waals surface area contributed by atoms with Crippen molar-refractivity contribution >= 4 is 11.5 Å². The van der Waals surface area contributed by atoms with E-state index in [1.165, 1.54) is 6.07 Å². The van der Waals surface area contributed by atoms with Crippen molar-refractivity contribution in [3.05, 3.63) is 58.0 Å². The Labute approximate surface area is 110 Å². The SMILES string of the molecule is Cc1ccc([N+](=O)[O-])c(NC(C)c2ccccn2)n1. The second kappa shape index (κ2) is 5.43. The summed E-state index contributed by atoms with van der Waals surface area (Å²) in [4.78, 5) is 18.9. The van der Waals surface area contributed by atoms with E-state index in [1.807, 2.05) is 25.1 Å². The summed E-state index contributed by atoms with van der Waals surface area (Å²) in [5.41, 5.74) is 1.50. The Bertz CT molecular complexity index is 586. The van der Waals surface area contributed by atoms with E-state index in [1.54, 1.807) is 19.2 Å². The molecule has 1 atom stereocenters. The number of nitro groups is 1. The van der Waals surface area contributed by atoms with Crippen molar-refractivity contribution in [2.75, 3.05) is 5.32 Å². The van der Waals surface area contributed by atoms with Gasteiger partial charge in [-0.15, -0.1) is 0 Å². The molecule has 1 unspecified atom stereocenters. The Balaban J connectivity index is 2.28. The Hall–Kier alpha value is -2.50. The Morgan fingerprint density at radius 1 is 1.32 bits per heavy atom. The monoisotopic (exact) mass is 258 g/mol. The lowest BCUT2D eigenvalue weighted by atomic mass is 10.2. The van der Waals surface area contributed by atoms with Gasteiger partial charge in [0.2, 0.25) is 5.82 Å². The molecule has 2 aromatic heterocycles. The van der Waals surface area contributed by atoms with E-state index >= 15 is 0 Å². The van der Waals surface area contributed by atoms with Crippen LogP contribution in [0.3, 0.4) is 0 Å². The predicted octanol–water partition coefficient (Wildman–Crippen LogP) is 2.87. The molecule has 0 spiro atoms. The van der Waals surface area contributed by atoms with Gasteiger partial charge in [0.05, 0.1) is 16.7 Å². The van der Waals surface area contributed by atoms with E-state index in [0.29, 0.717) is 0 Å². The maximum Gasteiger partial charge on any atom is 0.311 e. The smallest absolute Gasteiger partial charge is 0.311 e. The number of rotatable bonds is 4. The van der Waals surface area contributed by atoms with Crippen molar-refractivity contribution in [3.8, 4) is 0 Å². The number of aryl methyl sites for hydroxylation is 1. The second-order valence-electron chi connectivity index (χ2n) is 4.20. The average molecular weight is 258 g/mol. The van der Waals surface area contributed by atoms with Gasteiger partial charge in [-0.25, -0.2) is 4.98 Å². The van der Waals surface area contributed by atoms with Crippen LogP contribution < -0.4 is 5.32 Å². The highest BCUT2D eigenvalue weighted by molar-refractivity contribution is 5.56. The second-order valence-corrected chi connectivity index (χ2v) is 4.20. The average Bonchev–Trinajstić information content (AvgIpc) is 2.39. The summed E-state index contributed by atoms with van der Waals surface area (Å²) in [6.07, 6.45) is 1.69. The fourth-order valence-electron chi connectivity index (χ4n) is 1.71. The van der Waals surface area contributed by atoms with Crippen molar-refractivity contribution < 1.29 is 4.92 Å². The normalized spacial score (nSPS) is 11.9. The van der Waals surface area contributed by atoms with Crippen molar-refractivity contribution in [1.29, 1.82) is 0 Å². The van der Waals surface area contributed by atoms with Crippen LogP contribution in [0.5, 0.6) is 0 Å². The van der Waals surface area contributed by atoms with E-state index in [0.717, 1.165) is 11.4 Å². The van der Waals surface area contributed by atoms with Gasteiger partial charge in [0.25, 0.3) is 0 Å². The number of nitrogens with zero attached hydrogens (tertiary/aromatic N) is 3. The van der Waals surface area contributed by atoms with Crippen molar-refractivity contribution in [2.24, 2.45) is 0 Å². The number of pyridine rings is 2. The third-order valence-electron chi connectivity index (χ3n) is 2.69. The zero-order valence-corrected chi connectivity index (χ0v) is 10.7. The third kappa shape index (κ3) is 3.04. The first kappa shape index (κ1) is 12.9. The molecule has 6 nitrogen and oxygen atoms in total. The molecule has 1 N–H and O–H groups in total. The molecule has 2 rings (SSSR count). The molecule has 0 saturated carbocycles. The van der Waals surface area contributed by atoms with E-state index in [4.69, 9.17) is 0 Å². The highest BCUT2D eigenvalue weighted by Crippen LogP contribution is 2.25. The van der Waals surface area contributed by atoms with E-state index < -0.39 is 4.92 Å². The summed E-state index contributed by atoms with van der Waals surface area (Å²) in [6.45, 7) is 3.68. The number of hydrogen-bond acceptors (Lipinski definition) is 5. The lowest BCUT2D eigenvalue weighted by Crippen LogP contribution is -2.11. The minimum atomic E-state index is -0.445. The minimum Gasteiger partial charge on any atom is -0.356 e. The molecule has 0 aromatic carbocycles. The molecule has 98 valence electrons. The molecule has 6 heteroatoms. The molecule has 0 fully saturated rings. The Morgan fingerprint density at radius 2 is 2.11 bits per heavy atom. The number of nitrogens with one attached hydrogen (secondary N) is 1. The molecule has 2 heterocycles. The molecule has 0 bridgehead atoms. The van der Waals surface area contributed by atoms with E-state index in [2.05, 4.69) is 15.3 Å². The van der Waals surface area contributed by atoms with Crippen LogP contribution >= 0.6 is 0 Å². The van der Waals surface area contributed by atoms with Crippen LogP contribution in [-0.2, 0) is 0 Å². The fraction of sp³-hybridized carbons (Fsp3) is 0.231. The fourth-order valence-corrected chi connectivity index (χ4v) is 1.71. The van der Waals surface area contributed by atoms with Gasteiger partial charge < -0.3 is 5.32 Å². The van der Waals surface area contributed by atoms with Gasteiger partial charge in [-0.3, -0.25) is 15.1 Å². The van der Waals surface area contributed by atoms with Crippen molar-refractivity contribution in [1.82, 2.24) is 9.97 Å². The van der Waals surface area contributed by atoms with Gasteiger partial charge in [0.1, 0.15) is 0 Å². The molecule has 0 aliphatic carbocycles. The van der Waals surface area contributed by atoms with Gasteiger partial charge in [-0.1, -0.05) is 6.07 Å². The first-order valence-electron chi connectivity index (χ1n) is 5.87. The van der Waals surface area contributed by atoms with Gasteiger partial charge in [-0.05, 0) is 32.0 Å². The molecular weight excluding hydrogens is 244 g/mol. The number of aromatic nitrogens is 2. The van der Waals surface area contributed by atoms with E-state index in [-0.39, 0.29) is 17.5 Å². The number of hydrogen-bond donors (Lipinski definition) is 1. The zero-order chi connectivity index (χ0) is 13.8. The van der Waals surface area contributed by atoms with Crippen LogP contribution in [0.25, 0.3) is 0 Å². The summed E-state index contributed by atoms with van der Waals surface area (Å²) < 4.78 is 0. The van der Waals surface area contributed by atoms with Crippen LogP contribution in [0.15, 0.2) is 36.5 Å². The molecule has 0 saturated heterocycles. The third-order valence-corrected chi connectivity index (χ3v) is 2.69. The van der Waals surface area contributed by atoms with Crippen LogP contribution in [0.1, 0.15) is 24.4 Å². The van der Waals surface area contributed by atoms with Gasteiger partial charge in [0.15, 0.2) is 0 Å². The molecule has 2 aromatic rings. The highest BCUT2D eigenvalue weighted by Gasteiger charge is 2.17. The van der Waals surface area contributed by atoms with Gasteiger partial charge in [-0.2, -0.15) is 0 Å². The Morgan fingerprint density at radius 3 is 2.74 bits per heavy atom. The summed E-state index contributed by atoms with van der Waals surface area (Å²) in [5, 5.41) is 14.0. The van der Waals surface area contributed by atoms with Crippen LogP contribution in [0, 0.1) is 17.0 Å². The lowest BCUT2D eigenvalue weighted by molar-refractivity contribution is -0.384. The predicted molar refractivity (Wildman–Crippen MR) is 71.9 cm³/mol. The molecule has 0 aliphatic rings. The number of anilines is 1. The largest absolute Gasteiger partial charge is 0.356 e. The van der Waals surface area contributed by atoms with Crippen LogP contribution in [-0.4, -0.2) is 14.9 Å². The molecule has 19 heavy (non-hydrogen) atoms. The lowest BCUT2D eigenvalue weighted by Gasteiger charge is -2.14. The van der Waals surface area contributed by atoms with Crippen molar-refractivity contribution in [3.63, 3.8) is 0 Å². The molecule has 0 amide bonds. The van der Waals surface area contributed by atoms with Gasteiger partial charge >= 0.3 is 5.69 Å². The topological polar surface area (TPSA) is 81.0 Å². The summed E-state index contributed by atoms with van der Waals surface area (Å²) in [7, 11) is 0. The van der Waals surface area contributed by atoms with Crippen molar-refractivity contribution in [2.45, 2.75) is 19.9 Å². The van der Waals surface area contributed by atoms with E-state index in [9.17, 15) is 10.1 Å². The summed E-state index contributed by atoms with van der Waals surface area (Å²) in [6, 6.07) is 8.47. The summed E-state index contributed by atoms with van der Waals surface area (Å²) in [5.74, 6) is 0.267. The maximum absolute atomic E-state index is 11.0. The maximum atomic E-state index is 11.0. The first-order chi connectivity index (χ1) is 9.08. The van der Waals surface area contributed by atoms with Gasteiger partial charge in [0, 0.05) is 18.0 Å². The molecular formula is C13H14N4O2. The van der Waals surface area contributed by atoms with Crippen LogP contribution in [0.2, 0.25) is 0 Å².